The molecule has 1 N–H and O–H groups in total. The van der Waals surface area contributed by atoms with Crippen LogP contribution >= 0.6 is 0 Å². The van der Waals surface area contributed by atoms with Gasteiger partial charge in [0.25, 0.3) is 0 Å². The van der Waals surface area contributed by atoms with Crippen molar-refractivity contribution in [3.63, 3.8) is 0 Å². The average molecular weight is 206 g/mol. The molecule has 4 fully saturated rings. The zero-order valence-electron chi connectivity index (χ0n) is 9.60. The largest absolute Gasteiger partial charge is 0.314 e. The molecule has 2 aliphatic carbocycles. The summed E-state index contributed by atoms with van der Waals surface area (Å²) in [5.41, 5.74) is 1.38. The van der Waals surface area contributed by atoms with E-state index in [9.17, 15) is 0 Å². The molecule has 3 atom stereocenters. The van der Waals surface area contributed by atoms with E-state index in [0.29, 0.717) is 5.54 Å². The van der Waals surface area contributed by atoms with Crippen LogP contribution in [0.2, 0.25) is 0 Å². The van der Waals surface area contributed by atoms with E-state index in [2.05, 4.69) is 10.2 Å². The van der Waals surface area contributed by atoms with Gasteiger partial charge in [0.15, 0.2) is 0 Å². The Hall–Kier alpha value is -0.0800. The number of likely N-dealkylation sites (tertiary alicyclic amines) is 1. The SMILES string of the molecule is C1CCN([C@@]23CNC[C@@]24CCC[C@@H]43)CC1. The first-order chi connectivity index (χ1) is 7.40. The number of nitrogens with one attached hydrogen (secondary N) is 1. The Morgan fingerprint density at radius 1 is 1.00 bits per heavy atom. The second-order valence-electron chi connectivity index (χ2n) is 6.18. The Morgan fingerprint density at radius 2 is 1.87 bits per heavy atom. The zero-order chi connectivity index (χ0) is 9.93. The Bertz CT molecular complexity index is 280. The Morgan fingerprint density at radius 3 is 2.67 bits per heavy atom. The van der Waals surface area contributed by atoms with E-state index in [-0.39, 0.29) is 0 Å². The van der Waals surface area contributed by atoms with Crippen molar-refractivity contribution in [1.29, 1.82) is 0 Å². The molecular formula is C13H22N2. The van der Waals surface area contributed by atoms with Gasteiger partial charge in [-0.2, -0.15) is 0 Å². The second kappa shape index (κ2) is 2.78. The minimum atomic E-state index is 0.645. The highest BCUT2D eigenvalue weighted by Crippen LogP contribution is 2.75. The minimum absolute atomic E-state index is 0.645. The lowest BCUT2D eigenvalue weighted by Gasteiger charge is -2.37. The van der Waals surface area contributed by atoms with E-state index < -0.39 is 0 Å². The van der Waals surface area contributed by atoms with Crippen molar-refractivity contribution < 1.29 is 0 Å². The summed E-state index contributed by atoms with van der Waals surface area (Å²) in [4.78, 5) is 2.88. The number of nitrogens with zero attached hydrogens (tertiary/aromatic N) is 1. The molecule has 2 nitrogen and oxygen atoms in total. The molecule has 4 aliphatic rings. The highest BCUT2D eigenvalue weighted by molar-refractivity contribution is 5.35. The molecule has 4 rings (SSSR count). The Balaban J connectivity index is 1.65. The number of hydrogen-bond acceptors (Lipinski definition) is 2. The van der Waals surface area contributed by atoms with Crippen molar-refractivity contribution >= 4 is 0 Å². The number of piperidine rings is 2. The number of rotatable bonds is 1. The topological polar surface area (TPSA) is 15.3 Å². The Labute approximate surface area is 92.4 Å². The van der Waals surface area contributed by atoms with Gasteiger partial charge in [0, 0.05) is 24.0 Å². The molecule has 2 saturated carbocycles. The van der Waals surface area contributed by atoms with Crippen molar-refractivity contribution in [2.75, 3.05) is 26.2 Å². The van der Waals surface area contributed by atoms with E-state index in [1.165, 1.54) is 64.7 Å². The molecule has 0 aromatic carbocycles. The molecule has 2 heterocycles. The molecule has 1 spiro atoms. The minimum Gasteiger partial charge on any atom is -0.314 e. The van der Waals surface area contributed by atoms with Gasteiger partial charge in [0.05, 0.1) is 0 Å². The van der Waals surface area contributed by atoms with Crippen LogP contribution in [0.25, 0.3) is 0 Å². The van der Waals surface area contributed by atoms with Crippen LogP contribution in [0.4, 0.5) is 0 Å². The van der Waals surface area contributed by atoms with Crippen LogP contribution in [0, 0.1) is 11.3 Å². The first-order valence-electron chi connectivity index (χ1n) is 6.86. The Kier molecular flexibility index (Phi) is 1.67. The van der Waals surface area contributed by atoms with Gasteiger partial charge in [0.2, 0.25) is 0 Å². The zero-order valence-corrected chi connectivity index (χ0v) is 9.60. The van der Waals surface area contributed by atoms with E-state index in [0.717, 1.165) is 11.3 Å². The molecule has 2 heteroatoms. The molecule has 0 aromatic heterocycles. The van der Waals surface area contributed by atoms with Crippen molar-refractivity contribution in [1.82, 2.24) is 10.2 Å². The van der Waals surface area contributed by atoms with Crippen LogP contribution in [0.1, 0.15) is 38.5 Å². The van der Waals surface area contributed by atoms with Crippen molar-refractivity contribution in [3.05, 3.63) is 0 Å². The molecule has 15 heavy (non-hydrogen) atoms. The van der Waals surface area contributed by atoms with E-state index in [1.54, 1.807) is 0 Å². The second-order valence-corrected chi connectivity index (χ2v) is 6.18. The molecule has 84 valence electrons. The standard InChI is InChI=1S/C13H22N2/c1-2-7-15(8-3-1)13-10-14-9-12(13)6-4-5-11(12)13/h11,14H,1-10H2/t11-,12+,13+/m0/s1. The lowest BCUT2D eigenvalue weighted by molar-refractivity contribution is 0.116. The van der Waals surface area contributed by atoms with Gasteiger partial charge in [-0.1, -0.05) is 12.8 Å². The lowest BCUT2D eigenvalue weighted by Crippen LogP contribution is -2.47. The van der Waals surface area contributed by atoms with Crippen LogP contribution < -0.4 is 5.32 Å². The van der Waals surface area contributed by atoms with Crippen molar-refractivity contribution in [3.8, 4) is 0 Å². The molecule has 2 aliphatic heterocycles. The molecule has 0 aromatic rings. The van der Waals surface area contributed by atoms with Gasteiger partial charge >= 0.3 is 0 Å². The van der Waals surface area contributed by atoms with Gasteiger partial charge in [0.1, 0.15) is 0 Å². The van der Waals surface area contributed by atoms with Crippen LogP contribution in [-0.4, -0.2) is 36.6 Å². The predicted octanol–water partition coefficient (Wildman–Crippen LogP) is 1.61. The summed E-state index contributed by atoms with van der Waals surface area (Å²) in [5, 5.41) is 3.68. The van der Waals surface area contributed by atoms with Gasteiger partial charge in [-0.25, -0.2) is 0 Å². The van der Waals surface area contributed by atoms with E-state index in [1.807, 2.05) is 0 Å². The summed E-state index contributed by atoms with van der Waals surface area (Å²) >= 11 is 0. The molecule has 0 amide bonds. The van der Waals surface area contributed by atoms with E-state index in [4.69, 9.17) is 0 Å². The molecule has 2 saturated heterocycles. The summed E-state index contributed by atoms with van der Waals surface area (Å²) in [7, 11) is 0. The smallest absolute Gasteiger partial charge is 0.0440 e. The first-order valence-corrected chi connectivity index (χ1v) is 6.86. The molecular weight excluding hydrogens is 184 g/mol. The first kappa shape index (κ1) is 9.00. The van der Waals surface area contributed by atoms with Crippen LogP contribution in [0.3, 0.4) is 0 Å². The third-order valence-electron chi connectivity index (χ3n) is 5.89. The summed E-state index contributed by atoms with van der Waals surface area (Å²) in [6.45, 7) is 5.41. The lowest BCUT2D eigenvalue weighted by atomic mass is 9.95. The average Bonchev–Trinajstić information content (AvgIpc) is 2.70. The summed E-state index contributed by atoms with van der Waals surface area (Å²) < 4.78 is 0. The molecule has 0 unspecified atom stereocenters. The number of hydrogen-bond donors (Lipinski definition) is 1. The normalized spacial score (nSPS) is 54.0. The van der Waals surface area contributed by atoms with E-state index >= 15 is 0 Å². The van der Waals surface area contributed by atoms with Crippen molar-refractivity contribution in [2.24, 2.45) is 11.3 Å². The van der Waals surface area contributed by atoms with Crippen LogP contribution in [0.15, 0.2) is 0 Å². The molecule has 0 bridgehead atoms. The van der Waals surface area contributed by atoms with Crippen LogP contribution in [0.5, 0.6) is 0 Å². The van der Waals surface area contributed by atoms with Crippen LogP contribution in [-0.2, 0) is 0 Å². The van der Waals surface area contributed by atoms with Gasteiger partial charge in [-0.15, -0.1) is 0 Å². The summed E-state index contributed by atoms with van der Waals surface area (Å²) in [5.74, 6) is 1.07. The highest BCUT2D eigenvalue weighted by Gasteiger charge is 2.81. The quantitative estimate of drug-likeness (QED) is 0.701. The third-order valence-corrected chi connectivity index (χ3v) is 5.89. The maximum Gasteiger partial charge on any atom is 0.0440 e. The summed E-state index contributed by atoms with van der Waals surface area (Å²) in [6, 6.07) is 0. The van der Waals surface area contributed by atoms with Gasteiger partial charge in [-0.05, 0) is 44.7 Å². The van der Waals surface area contributed by atoms with Crippen molar-refractivity contribution in [2.45, 2.75) is 44.1 Å². The maximum atomic E-state index is 3.68. The summed E-state index contributed by atoms with van der Waals surface area (Å²) in [6.07, 6.45) is 8.91. The maximum absolute atomic E-state index is 3.68. The molecule has 0 radical (unpaired) electrons. The fraction of sp³-hybridized carbons (Fsp3) is 1.00. The van der Waals surface area contributed by atoms with Gasteiger partial charge < -0.3 is 5.32 Å². The fourth-order valence-corrected chi connectivity index (χ4v) is 5.35. The number of fused-ring (bicyclic) bond motifs is 1. The monoisotopic (exact) mass is 206 g/mol. The predicted molar refractivity (Wildman–Crippen MR) is 60.8 cm³/mol. The third kappa shape index (κ3) is 0.861. The highest BCUT2D eigenvalue weighted by atomic mass is 15.3. The van der Waals surface area contributed by atoms with Gasteiger partial charge in [-0.3, -0.25) is 4.90 Å². The fourth-order valence-electron chi connectivity index (χ4n) is 5.35.